The van der Waals surface area contributed by atoms with Gasteiger partial charge in [-0.2, -0.15) is 13.2 Å². The van der Waals surface area contributed by atoms with Crippen LogP contribution in [-0.4, -0.2) is 30.2 Å². The van der Waals surface area contributed by atoms with Gasteiger partial charge in [-0.3, -0.25) is 4.90 Å². The first-order chi connectivity index (χ1) is 6.07. The van der Waals surface area contributed by atoms with Crippen LogP contribution in [0.3, 0.4) is 0 Å². The van der Waals surface area contributed by atoms with Gasteiger partial charge >= 0.3 is 6.18 Å². The van der Waals surface area contributed by atoms with E-state index in [2.05, 4.69) is 0 Å². The zero-order chi connectivity index (χ0) is 9.47. The van der Waals surface area contributed by atoms with Crippen LogP contribution >= 0.6 is 0 Å². The van der Waals surface area contributed by atoms with E-state index in [1.807, 2.05) is 4.90 Å². The van der Waals surface area contributed by atoms with Crippen LogP contribution in [-0.2, 0) is 0 Å². The van der Waals surface area contributed by atoms with Gasteiger partial charge in [-0.25, -0.2) is 0 Å². The second-order valence-corrected chi connectivity index (χ2v) is 4.11. The molecule has 1 aliphatic carbocycles. The lowest BCUT2D eigenvalue weighted by molar-refractivity contribution is -0.187. The Morgan fingerprint density at radius 3 is 2.31 bits per heavy atom. The minimum absolute atomic E-state index is 0.244. The minimum Gasteiger partial charge on any atom is -0.300 e. The number of piperidine rings is 1. The number of halogens is 3. The highest BCUT2D eigenvalue weighted by Gasteiger charge is 2.44. The minimum atomic E-state index is -3.98. The molecule has 0 amide bonds. The van der Waals surface area contributed by atoms with E-state index in [0.717, 1.165) is 19.4 Å². The number of hydrogen-bond acceptors (Lipinski definition) is 1. The number of rotatable bonds is 1. The summed E-state index contributed by atoms with van der Waals surface area (Å²) < 4.78 is 37.1. The highest BCUT2D eigenvalue weighted by molar-refractivity contribution is 4.89. The molecule has 1 unspecified atom stereocenters. The molecule has 0 N–H and O–H groups in total. The van der Waals surface area contributed by atoms with E-state index in [1.54, 1.807) is 0 Å². The molecule has 1 saturated heterocycles. The van der Waals surface area contributed by atoms with Gasteiger partial charge in [-0.15, -0.1) is 0 Å². The van der Waals surface area contributed by atoms with Crippen molar-refractivity contribution in [2.24, 2.45) is 5.92 Å². The Kier molecular flexibility index (Phi) is 2.26. The molecule has 0 aromatic rings. The van der Waals surface area contributed by atoms with Crippen molar-refractivity contribution in [1.82, 2.24) is 4.90 Å². The second kappa shape index (κ2) is 3.15. The van der Waals surface area contributed by atoms with Crippen molar-refractivity contribution < 1.29 is 13.2 Å². The Morgan fingerprint density at radius 1 is 1.08 bits per heavy atom. The molecule has 1 aliphatic heterocycles. The van der Waals surface area contributed by atoms with Gasteiger partial charge in [0, 0.05) is 12.6 Å². The highest BCUT2D eigenvalue weighted by atomic mass is 19.4. The SMILES string of the molecule is FC(F)(F)C1CCCN(C2CC2)C1. The average Bonchev–Trinajstić information content (AvgIpc) is 2.85. The maximum absolute atomic E-state index is 12.4. The molecule has 2 rings (SSSR count). The van der Waals surface area contributed by atoms with Crippen molar-refractivity contribution in [3.8, 4) is 0 Å². The zero-order valence-electron chi connectivity index (χ0n) is 7.48. The number of hydrogen-bond donors (Lipinski definition) is 0. The molecule has 0 aromatic heterocycles. The molecule has 4 heteroatoms. The molecule has 0 spiro atoms. The third kappa shape index (κ3) is 2.16. The first-order valence-corrected chi connectivity index (χ1v) is 4.88. The molecule has 0 aromatic carbocycles. The van der Waals surface area contributed by atoms with E-state index in [0.29, 0.717) is 18.9 Å². The normalized spacial score (nSPS) is 32.1. The van der Waals surface area contributed by atoms with Gasteiger partial charge in [0.1, 0.15) is 0 Å². The van der Waals surface area contributed by atoms with Crippen LogP contribution in [0.15, 0.2) is 0 Å². The fourth-order valence-corrected chi connectivity index (χ4v) is 2.04. The van der Waals surface area contributed by atoms with Crippen LogP contribution < -0.4 is 0 Å². The molecule has 1 saturated carbocycles. The topological polar surface area (TPSA) is 3.24 Å². The predicted molar refractivity (Wildman–Crippen MR) is 43.4 cm³/mol. The van der Waals surface area contributed by atoms with Gasteiger partial charge in [0.15, 0.2) is 0 Å². The maximum atomic E-state index is 12.4. The molecule has 1 nitrogen and oxygen atoms in total. The lowest BCUT2D eigenvalue weighted by Crippen LogP contribution is -2.42. The van der Waals surface area contributed by atoms with Crippen molar-refractivity contribution in [1.29, 1.82) is 0 Å². The smallest absolute Gasteiger partial charge is 0.300 e. The Labute approximate surface area is 75.9 Å². The van der Waals surface area contributed by atoms with E-state index in [1.165, 1.54) is 0 Å². The summed E-state index contributed by atoms with van der Waals surface area (Å²) in [5, 5.41) is 0. The summed E-state index contributed by atoms with van der Waals surface area (Å²) in [6, 6.07) is 0.477. The molecule has 0 bridgehead atoms. The van der Waals surface area contributed by atoms with E-state index in [-0.39, 0.29) is 6.54 Å². The van der Waals surface area contributed by atoms with E-state index < -0.39 is 12.1 Å². The van der Waals surface area contributed by atoms with Crippen LogP contribution in [0.25, 0.3) is 0 Å². The van der Waals surface area contributed by atoms with Gasteiger partial charge in [-0.1, -0.05) is 0 Å². The summed E-state index contributed by atoms with van der Waals surface area (Å²) >= 11 is 0. The molecule has 1 heterocycles. The number of likely N-dealkylation sites (tertiary alicyclic amines) is 1. The van der Waals surface area contributed by atoms with Crippen molar-refractivity contribution in [3.63, 3.8) is 0 Å². The molecule has 13 heavy (non-hydrogen) atoms. The summed E-state index contributed by atoms with van der Waals surface area (Å²) in [4.78, 5) is 2.02. The molecular weight excluding hydrogens is 179 g/mol. The molecular formula is C9H14F3N. The predicted octanol–water partition coefficient (Wildman–Crippen LogP) is 2.42. The zero-order valence-corrected chi connectivity index (χ0v) is 7.48. The van der Waals surface area contributed by atoms with Crippen LogP contribution in [0.2, 0.25) is 0 Å². The molecule has 0 radical (unpaired) electrons. The molecule has 1 atom stereocenters. The average molecular weight is 193 g/mol. The van der Waals surface area contributed by atoms with Crippen LogP contribution in [0.4, 0.5) is 13.2 Å². The van der Waals surface area contributed by atoms with Crippen LogP contribution in [0.5, 0.6) is 0 Å². The summed E-state index contributed by atoms with van der Waals surface area (Å²) in [5.74, 6) is -1.07. The van der Waals surface area contributed by atoms with E-state index in [9.17, 15) is 13.2 Å². The molecule has 2 aliphatic rings. The van der Waals surface area contributed by atoms with Gasteiger partial charge in [-0.05, 0) is 32.2 Å². The quantitative estimate of drug-likeness (QED) is 0.618. The standard InChI is InChI=1S/C9H14F3N/c10-9(11,12)7-2-1-5-13(6-7)8-3-4-8/h7-8H,1-6H2. The van der Waals surface area contributed by atoms with Crippen LogP contribution in [0, 0.1) is 5.92 Å². The lowest BCUT2D eigenvalue weighted by atomic mass is 9.97. The Hall–Kier alpha value is -0.250. The maximum Gasteiger partial charge on any atom is 0.393 e. The lowest BCUT2D eigenvalue weighted by Gasteiger charge is -2.33. The summed E-state index contributed by atoms with van der Waals surface area (Å²) in [6.07, 6.45) is -0.740. The highest BCUT2D eigenvalue weighted by Crippen LogP contribution is 2.37. The largest absolute Gasteiger partial charge is 0.393 e. The Bertz CT molecular complexity index is 186. The molecule has 76 valence electrons. The summed E-state index contributed by atoms with van der Waals surface area (Å²) in [6.45, 7) is 1.12. The van der Waals surface area contributed by atoms with Gasteiger partial charge in [0.2, 0.25) is 0 Å². The van der Waals surface area contributed by atoms with E-state index in [4.69, 9.17) is 0 Å². The van der Waals surface area contributed by atoms with Crippen molar-refractivity contribution in [2.45, 2.75) is 37.9 Å². The number of alkyl halides is 3. The van der Waals surface area contributed by atoms with Crippen LogP contribution in [0.1, 0.15) is 25.7 Å². The van der Waals surface area contributed by atoms with Crippen molar-refractivity contribution in [3.05, 3.63) is 0 Å². The molecule has 2 fully saturated rings. The van der Waals surface area contributed by atoms with E-state index >= 15 is 0 Å². The van der Waals surface area contributed by atoms with Gasteiger partial charge < -0.3 is 0 Å². The fourth-order valence-electron chi connectivity index (χ4n) is 2.04. The second-order valence-electron chi connectivity index (χ2n) is 4.11. The summed E-state index contributed by atoms with van der Waals surface area (Å²) in [5.41, 5.74) is 0. The first-order valence-electron chi connectivity index (χ1n) is 4.88. The Balaban J connectivity index is 1.91. The third-order valence-corrected chi connectivity index (χ3v) is 2.98. The first kappa shape index (κ1) is 9.31. The Morgan fingerprint density at radius 2 is 1.77 bits per heavy atom. The van der Waals surface area contributed by atoms with Crippen molar-refractivity contribution in [2.75, 3.05) is 13.1 Å². The van der Waals surface area contributed by atoms with Crippen molar-refractivity contribution >= 4 is 0 Å². The van der Waals surface area contributed by atoms with Gasteiger partial charge in [0.05, 0.1) is 5.92 Å². The van der Waals surface area contributed by atoms with Gasteiger partial charge in [0.25, 0.3) is 0 Å². The summed E-state index contributed by atoms with van der Waals surface area (Å²) in [7, 11) is 0. The number of nitrogens with zero attached hydrogens (tertiary/aromatic N) is 1. The monoisotopic (exact) mass is 193 g/mol. The third-order valence-electron chi connectivity index (χ3n) is 2.98. The fraction of sp³-hybridized carbons (Fsp3) is 1.00.